The number of rotatable bonds is 3. The van der Waals surface area contributed by atoms with E-state index in [0.29, 0.717) is 17.5 Å². The Kier molecular flexibility index (Phi) is 4.38. The number of aromatic nitrogens is 1. The Morgan fingerprint density at radius 2 is 1.81 bits per heavy atom. The smallest absolute Gasteiger partial charge is 0.152 e. The molecule has 0 atom stereocenters. The number of piperidine rings is 1. The molecule has 118 valence electrons. The first-order valence-corrected chi connectivity index (χ1v) is 9.62. The van der Waals surface area contributed by atoms with Gasteiger partial charge in [-0.1, -0.05) is 0 Å². The van der Waals surface area contributed by atoms with Gasteiger partial charge in [-0.15, -0.1) is 0 Å². The molecule has 0 bridgehead atoms. The summed E-state index contributed by atoms with van der Waals surface area (Å²) in [5.74, 6) is 0.689. The van der Waals surface area contributed by atoms with Crippen molar-refractivity contribution in [3.63, 3.8) is 0 Å². The van der Waals surface area contributed by atoms with Crippen molar-refractivity contribution in [2.24, 2.45) is 7.05 Å². The summed E-state index contributed by atoms with van der Waals surface area (Å²) in [5, 5.41) is 0. The molecule has 1 aromatic rings. The van der Waals surface area contributed by atoms with Crippen LogP contribution in [0.2, 0.25) is 0 Å². The van der Waals surface area contributed by atoms with E-state index < -0.39 is 9.84 Å². The summed E-state index contributed by atoms with van der Waals surface area (Å²) in [6, 6.07) is 2.76. The van der Waals surface area contributed by atoms with E-state index in [9.17, 15) is 8.42 Å². The molecule has 0 amide bonds. The van der Waals surface area contributed by atoms with Crippen molar-refractivity contribution in [3.8, 4) is 0 Å². The zero-order valence-electron chi connectivity index (χ0n) is 12.7. The molecule has 0 radical (unpaired) electrons. The summed E-state index contributed by atoms with van der Waals surface area (Å²) in [6.45, 7) is 4.71. The van der Waals surface area contributed by atoms with Crippen LogP contribution in [0.3, 0.4) is 0 Å². The van der Waals surface area contributed by atoms with Gasteiger partial charge in [0.15, 0.2) is 9.84 Å². The van der Waals surface area contributed by atoms with Crippen LogP contribution in [-0.2, 0) is 23.4 Å². The summed E-state index contributed by atoms with van der Waals surface area (Å²) < 4.78 is 25.1. The van der Waals surface area contributed by atoms with Crippen molar-refractivity contribution < 1.29 is 8.42 Å². The fraction of sp³-hybridized carbons (Fsp3) is 0.733. The van der Waals surface area contributed by atoms with Crippen molar-refractivity contribution in [2.75, 3.05) is 37.7 Å². The highest BCUT2D eigenvalue weighted by atomic mass is 32.2. The Hall–Kier alpha value is -0.850. The zero-order valence-corrected chi connectivity index (χ0v) is 13.6. The highest BCUT2D eigenvalue weighted by Gasteiger charge is 2.29. The van der Waals surface area contributed by atoms with Crippen molar-refractivity contribution in [1.29, 1.82) is 0 Å². The highest BCUT2D eigenvalue weighted by Crippen LogP contribution is 2.20. The molecule has 2 aliphatic rings. The van der Waals surface area contributed by atoms with E-state index in [-0.39, 0.29) is 0 Å². The number of hydrogen-bond donors (Lipinski definition) is 0. The minimum atomic E-state index is -2.76. The summed E-state index contributed by atoms with van der Waals surface area (Å²) in [5.41, 5.74) is 1.38. The van der Waals surface area contributed by atoms with Crippen LogP contribution in [0, 0.1) is 0 Å². The molecule has 0 aromatic carbocycles. The first kappa shape index (κ1) is 15.1. The van der Waals surface area contributed by atoms with E-state index >= 15 is 0 Å². The van der Waals surface area contributed by atoms with E-state index in [0.717, 1.165) is 45.6 Å². The van der Waals surface area contributed by atoms with Gasteiger partial charge in [-0.05, 0) is 37.6 Å². The third-order valence-corrected chi connectivity index (χ3v) is 6.36. The van der Waals surface area contributed by atoms with E-state index in [4.69, 9.17) is 0 Å². The highest BCUT2D eigenvalue weighted by molar-refractivity contribution is 7.91. The van der Waals surface area contributed by atoms with Crippen LogP contribution in [0.5, 0.6) is 0 Å². The maximum Gasteiger partial charge on any atom is 0.152 e. The number of likely N-dealkylation sites (tertiary alicyclic amines) is 1. The zero-order chi connectivity index (χ0) is 14.9. The number of hydrogen-bond acceptors (Lipinski definition) is 4. The van der Waals surface area contributed by atoms with E-state index in [1.165, 1.54) is 5.56 Å². The molecule has 3 rings (SSSR count). The lowest BCUT2D eigenvalue weighted by atomic mass is 10.0. The lowest BCUT2D eigenvalue weighted by Crippen LogP contribution is -2.50. The van der Waals surface area contributed by atoms with Gasteiger partial charge in [0, 0.05) is 45.1 Å². The SMILES string of the molecule is Cn1ccc(CN2CCC(N3CCS(=O)(=O)CC3)CC2)c1. The van der Waals surface area contributed by atoms with E-state index in [1.807, 2.05) is 0 Å². The molecular weight excluding hydrogens is 286 g/mol. The fourth-order valence-electron chi connectivity index (χ4n) is 3.45. The van der Waals surface area contributed by atoms with Gasteiger partial charge in [-0.2, -0.15) is 0 Å². The normalized spacial score (nSPS) is 25.2. The summed E-state index contributed by atoms with van der Waals surface area (Å²) in [7, 11) is -0.702. The standard InChI is InChI=1S/C15H25N3O2S/c1-16-5-2-14(12-16)13-17-6-3-15(4-7-17)18-8-10-21(19,20)11-9-18/h2,5,12,15H,3-4,6-11,13H2,1H3. The molecule has 21 heavy (non-hydrogen) atoms. The second kappa shape index (κ2) is 6.10. The minimum absolute atomic E-state index is 0.344. The van der Waals surface area contributed by atoms with Crippen molar-refractivity contribution >= 4 is 9.84 Å². The van der Waals surface area contributed by atoms with Crippen LogP contribution >= 0.6 is 0 Å². The summed E-state index contributed by atoms with van der Waals surface area (Å²) >= 11 is 0. The van der Waals surface area contributed by atoms with Gasteiger partial charge < -0.3 is 4.57 Å². The van der Waals surface area contributed by atoms with Crippen LogP contribution in [0.4, 0.5) is 0 Å². The Labute approximate surface area is 127 Å². The Balaban J connectivity index is 1.47. The largest absolute Gasteiger partial charge is 0.357 e. The molecule has 1 aromatic heterocycles. The first-order chi connectivity index (χ1) is 10.0. The first-order valence-electron chi connectivity index (χ1n) is 7.79. The maximum atomic E-state index is 11.5. The molecule has 0 aliphatic carbocycles. The average Bonchev–Trinajstić information content (AvgIpc) is 2.85. The van der Waals surface area contributed by atoms with Crippen LogP contribution in [0.1, 0.15) is 18.4 Å². The molecule has 6 heteroatoms. The Morgan fingerprint density at radius 1 is 1.14 bits per heavy atom. The molecule has 5 nitrogen and oxygen atoms in total. The third kappa shape index (κ3) is 3.87. The van der Waals surface area contributed by atoms with Gasteiger partial charge in [0.2, 0.25) is 0 Å². The predicted octanol–water partition coefficient (Wildman–Crippen LogP) is 0.720. The van der Waals surface area contributed by atoms with Crippen molar-refractivity contribution in [2.45, 2.75) is 25.4 Å². The lowest BCUT2D eigenvalue weighted by Gasteiger charge is -2.40. The number of nitrogens with zero attached hydrogens (tertiary/aromatic N) is 3. The average molecular weight is 311 g/mol. The van der Waals surface area contributed by atoms with E-state index in [1.54, 1.807) is 0 Å². The van der Waals surface area contributed by atoms with E-state index in [2.05, 4.69) is 39.9 Å². The predicted molar refractivity (Wildman–Crippen MR) is 83.9 cm³/mol. The molecule has 2 aliphatic heterocycles. The van der Waals surface area contributed by atoms with Crippen molar-refractivity contribution in [1.82, 2.24) is 14.4 Å². The summed E-state index contributed by atoms with van der Waals surface area (Å²) in [6.07, 6.45) is 6.59. The monoisotopic (exact) mass is 311 g/mol. The molecule has 0 N–H and O–H groups in total. The molecule has 0 unspecified atom stereocenters. The second-order valence-corrected chi connectivity index (χ2v) is 8.68. The van der Waals surface area contributed by atoms with Crippen LogP contribution < -0.4 is 0 Å². The van der Waals surface area contributed by atoms with Crippen LogP contribution in [-0.4, -0.2) is 66.5 Å². The van der Waals surface area contributed by atoms with Gasteiger partial charge in [0.25, 0.3) is 0 Å². The number of aryl methyl sites for hydroxylation is 1. The van der Waals surface area contributed by atoms with Crippen LogP contribution in [0.25, 0.3) is 0 Å². The minimum Gasteiger partial charge on any atom is -0.357 e. The Morgan fingerprint density at radius 3 is 2.38 bits per heavy atom. The van der Waals surface area contributed by atoms with Gasteiger partial charge in [-0.3, -0.25) is 9.80 Å². The van der Waals surface area contributed by atoms with Crippen LogP contribution in [0.15, 0.2) is 18.5 Å². The van der Waals surface area contributed by atoms with Gasteiger partial charge in [0.1, 0.15) is 0 Å². The molecule has 2 fully saturated rings. The van der Waals surface area contributed by atoms with Crippen molar-refractivity contribution in [3.05, 3.63) is 24.0 Å². The third-order valence-electron chi connectivity index (χ3n) is 4.75. The summed E-state index contributed by atoms with van der Waals surface area (Å²) in [4.78, 5) is 4.90. The molecule has 0 saturated carbocycles. The molecular formula is C15H25N3O2S. The second-order valence-electron chi connectivity index (χ2n) is 6.38. The quantitative estimate of drug-likeness (QED) is 0.825. The lowest BCUT2D eigenvalue weighted by molar-refractivity contribution is 0.111. The van der Waals surface area contributed by atoms with Gasteiger partial charge in [0.05, 0.1) is 11.5 Å². The Bertz CT molecular complexity index is 559. The topological polar surface area (TPSA) is 45.5 Å². The molecule has 0 spiro atoms. The maximum absolute atomic E-state index is 11.5. The number of sulfone groups is 1. The molecule has 2 saturated heterocycles. The van der Waals surface area contributed by atoms with Gasteiger partial charge >= 0.3 is 0 Å². The fourth-order valence-corrected chi connectivity index (χ4v) is 4.68. The molecule has 3 heterocycles. The van der Waals surface area contributed by atoms with Gasteiger partial charge in [-0.25, -0.2) is 8.42 Å².